The summed E-state index contributed by atoms with van der Waals surface area (Å²) in [6, 6.07) is 0. The van der Waals surface area contributed by atoms with E-state index in [2.05, 4.69) is 62.3 Å². The molecule has 1 nitrogen and oxygen atoms in total. The van der Waals surface area contributed by atoms with Gasteiger partial charge >= 0.3 is 0 Å². The molecule has 0 heterocycles. The van der Waals surface area contributed by atoms with Gasteiger partial charge in [0.2, 0.25) is 0 Å². The molecule has 0 aromatic rings. The molecule has 0 unspecified atom stereocenters. The first kappa shape index (κ1) is 11.8. The van der Waals surface area contributed by atoms with Crippen LogP contribution in [-0.4, -0.2) is 7.85 Å². The van der Waals surface area contributed by atoms with E-state index in [1.54, 1.807) is 0 Å². The first-order chi connectivity index (χ1) is 3.46. The van der Waals surface area contributed by atoms with Gasteiger partial charge in [-0.2, -0.15) is 0 Å². The summed E-state index contributed by atoms with van der Waals surface area (Å²) < 4.78 is 0.583. The Morgan fingerprint density at radius 2 is 1.12 bits per heavy atom. The Labute approximate surface area is 75.6 Å². The highest BCUT2D eigenvalue weighted by Crippen LogP contribution is 1.83. The minimum atomic E-state index is 0.194. The molecule has 0 aliphatic rings. The number of nitrogens with two attached hydrogens (primary N) is 1. The Bertz CT molecular complexity index is 68.4. The van der Waals surface area contributed by atoms with E-state index in [-0.39, 0.29) is 4.32 Å². The van der Waals surface area contributed by atoms with Crippen LogP contribution >= 0.6 is 62.3 Å². The summed E-state index contributed by atoms with van der Waals surface area (Å²) in [5.74, 6) is 0. The van der Waals surface area contributed by atoms with Crippen LogP contribution < -0.4 is 5.73 Å². The van der Waals surface area contributed by atoms with Crippen molar-refractivity contribution < 1.29 is 0 Å². The predicted molar refractivity (Wildman–Crippen MR) is 56.3 cm³/mol. The summed E-state index contributed by atoms with van der Waals surface area (Å²) in [6.07, 6.45) is 0. The highest BCUT2D eigenvalue weighted by Gasteiger charge is 1.58. The average Bonchev–Trinajstić information content (AvgIpc) is 1.25. The van der Waals surface area contributed by atoms with Gasteiger partial charge in [-0.15, -0.1) is 37.9 Å². The van der Waals surface area contributed by atoms with Crippen molar-refractivity contribution in [3.8, 4) is 0 Å². The van der Waals surface area contributed by atoms with Crippen molar-refractivity contribution in [2.75, 3.05) is 0 Å². The molecule has 0 spiro atoms. The minimum Gasteiger partial charge on any atom is -0.385 e. The Balaban J connectivity index is 0. The molecule has 8 heavy (non-hydrogen) atoms. The predicted octanol–water partition coefficient (Wildman–Crippen LogP) is 1.29. The van der Waals surface area contributed by atoms with E-state index in [9.17, 15) is 0 Å². The highest BCUT2D eigenvalue weighted by molar-refractivity contribution is 8.34. The Morgan fingerprint density at radius 1 is 1.12 bits per heavy atom. The van der Waals surface area contributed by atoms with Crippen molar-refractivity contribution in [1.29, 1.82) is 0 Å². The van der Waals surface area contributed by atoms with E-state index in [4.69, 9.17) is 5.73 Å². The zero-order chi connectivity index (χ0) is 7.15. The third kappa shape index (κ3) is 241. The van der Waals surface area contributed by atoms with Crippen LogP contribution in [-0.2, 0) is 0 Å². The summed E-state index contributed by atoms with van der Waals surface area (Å²) in [5, 5.41) is 0. The van der Waals surface area contributed by atoms with Gasteiger partial charge in [0.25, 0.3) is 0 Å². The third-order valence-electron chi connectivity index (χ3n) is 0. The second kappa shape index (κ2) is 8.03. The minimum absolute atomic E-state index is 0.194. The molecule has 0 radical (unpaired) electrons. The van der Waals surface area contributed by atoms with Crippen LogP contribution in [0, 0.1) is 0 Å². The van der Waals surface area contributed by atoms with Gasteiger partial charge in [0.15, 0.2) is 0 Å². The molecular formula is C2H5NS5. The highest BCUT2D eigenvalue weighted by atomic mass is 32.2. The molecule has 0 rings (SSSR count). The van der Waals surface area contributed by atoms with Crippen molar-refractivity contribution >= 4 is 70.2 Å². The molecule has 48 valence electrons. The molecular weight excluding hydrogens is 198 g/mol. The maximum atomic E-state index is 4.71. The molecule has 0 fully saturated rings. The van der Waals surface area contributed by atoms with Crippen LogP contribution in [0.2, 0.25) is 0 Å². The van der Waals surface area contributed by atoms with E-state index in [0.717, 1.165) is 0 Å². The monoisotopic (exact) mass is 203 g/mol. The van der Waals surface area contributed by atoms with E-state index < -0.39 is 0 Å². The van der Waals surface area contributed by atoms with Crippen molar-refractivity contribution in [2.24, 2.45) is 5.73 Å². The standard InChI is InChI=1S/CH3NS2.CH2S3/c2*2-1(3)4/h(H3,2,3,4);(H2,2,3,4). The topological polar surface area (TPSA) is 26.0 Å². The summed E-state index contributed by atoms with van der Waals surface area (Å²) in [5.41, 5.74) is 4.71. The lowest BCUT2D eigenvalue weighted by Crippen LogP contribution is -1.94. The van der Waals surface area contributed by atoms with Crippen LogP contribution in [0.3, 0.4) is 0 Å². The van der Waals surface area contributed by atoms with Crippen LogP contribution in [0.15, 0.2) is 0 Å². The van der Waals surface area contributed by atoms with E-state index in [1.165, 1.54) is 0 Å². The SMILES string of the molecule is NC(=S)S.S=C(S)S. The smallest absolute Gasteiger partial charge is 0.128 e. The zero-order valence-electron chi connectivity index (χ0n) is 3.74. The largest absolute Gasteiger partial charge is 0.385 e. The zero-order valence-corrected chi connectivity index (χ0v) is 8.05. The Hall–Kier alpha value is 1.03. The summed E-state index contributed by atoms with van der Waals surface area (Å²) in [7, 11) is 0. The van der Waals surface area contributed by atoms with Crippen LogP contribution in [0.1, 0.15) is 0 Å². The molecule has 0 bridgehead atoms. The van der Waals surface area contributed by atoms with Crippen LogP contribution in [0.5, 0.6) is 0 Å². The Kier molecular flexibility index (Phi) is 11.8. The number of thiocarbonyl (C=S) groups is 2. The normalized spacial score (nSPS) is 6.38. The molecule has 6 heteroatoms. The second-order valence-electron chi connectivity index (χ2n) is 0.621. The number of rotatable bonds is 0. The lowest BCUT2D eigenvalue weighted by Gasteiger charge is -1.64. The van der Waals surface area contributed by atoms with Crippen molar-refractivity contribution in [2.45, 2.75) is 0 Å². The lowest BCUT2D eigenvalue weighted by molar-refractivity contribution is 1.91. The molecule has 0 aromatic heterocycles. The summed E-state index contributed by atoms with van der Waals surface area (Å²) >= 11 is 19.0. The van der Waals surface area contributed by atoms with Gasteiger partial charge in [0, 0.05) is 0 Å². The van der Waals surface area contributed by atoms with Gasteiger partial charge in [0.05, 0.1) is 3.53 Å². The second-order valence-corrected chi connectivity index (χ2v) is 4.11. The number of thiol groups is 3. The van der Waals surface area contributed by atoms with Gasteiger partial charge in [-0.1, -0.05) is 24.4 Å². The maximum Gasteiger partial charge on any atom is 0.128 e. The van der Waals surface area contributed by atoms with Crippen molar-refractivity contribution in [3.63, 3.8) is 0 Å². The fourth-order valence-corrected chi connectivity index (χ4v) is 0. The van der Waals surface area contributed by atoms with Gasteiger partial charge in [-0.25, -0.2) is 0 Å². The van der Waals surface area contributed by atoms with E-state index in [1.807, 2.05) is 0 Å². The fourth-order valence-electron chi connectivity index (χ4n) is 0. The fraction of sp³-hybridized carbons (Fsp3) is 0. The molecule has 0 saturated carbocycles. The molecule has 0 aromatic carbocycles. The van der Waals surface area contributed by atoms with Gasteiger partial charge in [-0.3, -0.25) is 0 Å². The van der Waals surface area contributed by atoms with Crippen LogP contribution in [0.25, 0.3) is 0 Å². The first-order valence-corrected chi connectivity index (χ1v) is 3.53. The molecule has 0 amide bonds. The molecule has 0 aliphatic heterocycles. The molecule has 0 saturated heterocycles. The molecule has 0 aliphatic carbocycles. The first-order valence-electron chi connectivity index (χ1n) is 1.37. The van der Waals surface area contributed by atoms with E-state index >= 15 is 0 Å². The van der Waals surface area contributed by atoms with Gasteiger partial charge < -0.3 is 5.73 Å². The molecule has 2 N–H and O–H groups in total. The third-order valence-corrected chi connectivity index (χ3v) is 0. The quantitative estimate of drug-likeness (QED) is 0.353. The van der Waals surface area contributed by atoms with E-state index in [0.29, 0.717) is 3.53 Å². The maximum absolute atomic E-state index is 4.71. The van der Waals surface area contributed by atoms with Crippen molar-refractivity contribution in [3.05, 3.63) is 0 Å². The summed E-state index contributed by atoms with van der Waals surface area (Å²) in [6.45, 7) is 0. The van der Waals surface area contributed by atoms with Gasteiger partial charge in [0.1, 0.15) is 4.32 Å². The summed E-state index contributed by atoms with van der Waals surface area (Å²) in [4.78, 5) is 0. The number of hydrogen-bond donors (Lipinski definition) is 4. The van der Waals surface area contributed by atoms with Crippen LogP contribution in [0.4, 0.5) is 0 Å². The van der Waals surface area contributed by atoms with Gasteiger partial charge in [-0.05, 0) is 0 Å². The molecule has 0 atom stereocenters. The lowest BCUT2D eigenvalue weighted by atomic mass is 11.5. The average molecular weight is 203 g/mol. The number of hydrogen-bond acceptors (Lipinski definition) is 2. The Morgan fingerprint density at radius 3 is 1.12 bits per heavy atom. The van der Waals surface area contributed by atoms with Crippen molar-refractivity contribution in [1.82, 2.24) is 0 Å².